The van der Waals surface area contributed by atoms with Gasteiger partial charge in [0.2, 0.25) is 0 Å². The Balaban J connectivity index is 2.27. The van der Waals surface area contributed by atoms with E-state index in [-0.39, 0.29) is 5.69 Å². The van der Waals surface area contributed by atoms with Gasteiger partial charge in [-0.3, -0.25) is 10.1 Å². The molecule has 0 aromatic heterocycles. The van der Waals surface area contributed by atoms with Gasteiger partial charge in [0, 0.05) is 25.8 Å². The fraction of sp³-hybridized carbons (Fsp3) is 0.571. The molecule has 0 saturated heterocycles. The van der Waals surface area contributed by atoms with Crippen LogP contribution in [0.15, 0.2) is 18.2 Å². The Bertz CT molecular complexity index is 438. The number of benzene rings is 1. The maximum Gasteiger partial charge on any atom is 0.272 e. The molecule has 0 aliphatic carbocycles. The first-order valence-electron chi connectivity index (χ1n) is 6.71. The number of nitrogens with zero attached hydrogens (tertiary/aromatic N) is 1. The summed E-state index contributed by atoms with van der Waals surface area (Å²) in [5.74, 6) is 0.0278. The van der Waals surface area contributed by atoms with Gasteiger partial charge in [-0.05, 0) is 24.0 Å². The molecule has 112 valence electrons. The molecule has 6 heteroatoms. The van der Waals surface area contributed by atoms with E-state index in [1.54, 1.807) is 0 Å². The van der Waals surface area contributed by atoms with Crippen molar-refractivity contribution >= 4 is 5.69 Å². The van der Waals surface area contributed by atoms with Gasteiger partial charge in [-0.2, -0.15) is 0 Å². The topological polar surface area (TPSA) is 64.4 Å². The van der Waals surface area contributed by atoms with Crippen molar-refractivity contribution < 1.29 is 14.1 Å². The zero-order valence-electron chi connectivity index (χ0n) is 11.9. The number of hydrogen-bond acceptors (Lipinski definition) is 4. The molecule has 0 saturated carbocycles. The van der Waals surface area contributed by atoms with E-state index in [0.717, 1.165) is 19.1 Å². The highest BCUT2D eigenvalue weighted by atomic mass is 19.1. The molecular weight excluding hydrogens is 263 g/mol. The second kappa shape index (κ2) is 8.60. The van der Waals surface area contributed by atoms with E-state index in [1.807, 2.05) is 0 Å². The van der Waals surface area contributed by atoms with Crippen molar-refractivity contribution in [1.82, 2.24) is 5.32 Å². The fourth-order valence-electron chi connectivity index (χ4n) is 1.64. The molecule has 1 aromatic carbocycles. The van der Waals surface area contributed by atoms with Crippen molar-refractivity contribution in [3.05, 3.63) is 39.7 Å². The Morgan fingerprint density at radius 1 is 1.35 bits per heavy atom. The van der Waals surface area contributed by atoms with Crippen molar-refractivity contribution in [2.45, 2.75) is 26.8 Å². The first-order valence-corrected chi connectivity index (χ1v) is 6.71. The molecule has 0 spiro atoms. The normalized spacial score (nSPS) is 11.0. The maximum absolute atomic E-state index is 13.2. The van der Waals surface area contributed by atoms with Gasteiger partial charge in [0.15, 0.2) is 0 Å². The van der Waals surface area contributed by atoms with E-state index in [4.69, 9.17) is 4.74 Å². The summed E-state index contributed by atoms with van der Waals surface area (Å²) in [6, 6.07) is 3.58. The van der Waals surface area contributed by atoms with Gasteiger partial charge in [0.1, 0.15) is 5.82 Å². The van der Waals surface area contributed by atoms with Gasteiger partial charge in [0.05, 0.1) is 17.6 Å². The number of nitrogens with one attached hydrogen (secondary N) is 1. The molecule has 0 aliphatic heterocycles. The molecule has 0 unspecified atom stereocenters. The number of nitro groups is 1. The SMILES string of the molecule is CC(C)CCOCCNCc1cc(F)cc([N+](=O)[O-])c1. The molecule has 0 bridgehead atoms. The van der Waals surface area contributed by atoms with Crippen molar-refractivity contribution in [3.63, 3.8) is 0 Å². The summed E-state index contributed by atoms with van der Waals surface area (Å²) in [6.07, 6.45) is 1.02. The first kappa shape index (κ1) is 16.5. The van der Waals surface area contributed by atoms with E-state index in [9.17, 15) is 14.5 Å². The van der Waals surface area contributed by atoms with Crippen molar-refractivity contribution in [2.75, 3.05) is 19.8 Å². The monoisotopic (exact) mass is 284 g/mol. The van der Waals surface area contributed by atoms with Crippen LogP contribution < -0.4 is 5.32 Å². The number of hydrogen-bond donors (Lipinski definition) is 1. The van der Waals surface area contributed by atoms with Crippen molar-refractivity contribution in [1.29, 1.82) is 0 Å². The second-order valence-electron chi connectivity index (χ2n) is 5.05. The molecule has 20 heavy (non-hydrogen) atoms. The minimum Gasteiger partial charge on any atom is -0.380 e. The van der Waals surface area contributed by atoms with Gasteiger partial charge in [-0.25, -0.2) is 4.39 Å². The number of nitro benzene ring substituents is 1. The van der Waals surface area contributed by atoms with Crippen LogP contribution in [0.4, 0.5) is 10.1 Å². The highest BCUT2D eigenvalue weighted by Gasteiger charge is 2.09. The zero-order chi connectivity index (χ0) is 15.0. The molecular formula is C14H21FN2O3. The molecule has 1 aromatic rings. The Kier molecular flexibility index (Phi) is 7.11. The largest absolute Gasteiger partial charge is 0.380 e. The number of halogens is 1. The van der Waals surface area contributed by atoms with Gasteiger partial charge >= 0.3 is 0 Å². The van der Waals surface area contributed by atoms with Crippen LogP contribution >= 0.6 is 0 Å². The summed E-state index contributed by atoms with van der Waals surface area (Å²) in [5, 5.41) is 13.7. The lowest BCUT2D eigenvalue weighted by Crippen LogP contribution is -2.19. The Morgan fingerprint density at radius 3 is 2.75 bits per heavy atom. The van der Waals surface area contributed by atoms with E-state index >= 15 is 0 Å². The van der Waals surface area contributed by atoms with E-state index in [2.05, 4.69) is 19.2 Å². The fourth-order valence-corrected chi connectivity index (χ4v) is 1.64. The van der Waals surface area contributed by atoms with Gasteiger partial charge < -0.3 is 10.1 Å². The minimum atomic E-state index is -0.596. The number of non-ortho nitro benzene ring substituents is 1. The summed E-state index contributed by atoms with van der Waals surface area (Å²) in [7, 11) is 0. The van der Waals surface area contributed by atoms with Crippen LogP contribution in [0.5, 0.6) is 0 Å². The molecule has 5 nitrogen and oxygen atoms in total. The molecule has 0 heterocycles. The summed E-state index contributed by atoms with van der Waals surface area (Å²) in [5.41, 5.74) is 0.328. The quantitative estimate of drug-likeness (QED) is 0.430. The molecule has 1 rings (SSSR count). The molecule has 0 fully saturated rings. The second-order valence-corrected chi connectivity index (χ2v) is 5.05. The van der Waals surface area contributed by atoms with Gasteiger partial charge in [-0.1, -0.05) is 13.8 Å². The maximum atomic E-state index is 13.2. The van der Waals surface area contributed by atoms with Crippen LogP contribution in [0.2, 0.25) is 0 Å². The Morgan fingerprint density at radius 2 is 2.10 bits per heavy atom. The van der Waals surface area contributed by atoms with Crippen LogP contribution in [0, 0.1) is 21.8 Å². The average Bonchev–Trinajstić information content (AvgIpc) is 2.36. The van der Waals surface area contributed by atoms with E-state index < -0.39 is 10.7 Å². The average molecular weight is 284 g/mol. The summed E-state index contributed by atoms with van der Waals surface area (Å²) >= 11 is 0. The standard InChI is InChI=1S/C14H21FN2O3/c1-11(2)3-5-20-6-4-16-10-12-7-13(15)9-14(8-12)17(18)19/h7-9,11,16H,3-6,10H2,1-2H3. The van der Waals surface area contributed by atoms with E-state index in [0.29, 0.717) is 31.2 Å². The Labute approximate surface area is 118 Å². The van der Waals surface area contributed by atoms with Crippen LogP contribution in [0.3, 0.4) is 0 Å². The summed E-state index contributed by atoms with van der Waals surface area (Å²) in [6.45, 7) is 6.58. The van der Waals surface area contributed by atoms with Gasteiger partial charge in [-0.15, -0.1) is 0 Å². The van der Waals surface area contributed by atoms with Crippen LogP contribution in [-0.2, 0) is 11.3 Å². The molecule has 0 radical (unpaired) electrons. The lowest BCUT2D eigenvalue weighted by atomic mass is 10.1. The Hall–Kier alpha value is -1.53. The molecule has 0 amide bonds. The molecule has 1 N–H and O–H groups in total. The number of ether oxygens (including phenoxy) is 1. The molecule has 0 atom stereocenters. The third kappa shape index (κ3) is 6.58. The highest BCUT2D eigenvalue weighted by Crippen LogP contribution is 2.16. The third-order valence-electron chi connectivity index (χ3n) is 2.74. The van der Waals surface area contributed by atoms with E-state index in [1.165, 1.54) is 12.1 Å². The zero-order valence-corrected chi connectivity index (χ0v) is 11.9. The van der Waals surface area contributed by atoms with Gasteiger partial charge in [0.25, 0.3) is 5.69 Å². The smallest absolute Gasteiger partial charge is 0.272 e. The van der Waals surface area contributed by atoms with Crippen molar-refractivity contribution in [2.24, 2.45) is 5.92 Å². The number of rotatable bonds is 9. The summed E-state index contributed by atoms with van der Waals surface area (Å²) < 4.78 is 18.6. The van der Waals surface area contributed by atoms with Crippen molar-refractivity contribution in [3.8, 4) is 0 Å². The third-order valence-corrected chi connectivity index (χ3v) is 2.74. The first-order chi connectivity index (χ1) is 9.49. The lowest BCUT2D eigenvalue weighted by Gasteiger charge is -2.08. The predicted octanol–water partition coefficient (Wildman–Crippen LogP) is 2.89. The molecule has 0 aliphatic rings. The van der Waals surface area contributed by atoms with Crippen LogP contribution in [0.25, 0.3) is 0 Å². The van der Waals surface area contributed by atoms with Crippen LogP contribution in [0.1, 0.15) is 25.8 Å². The van der Waals surface area contributed by atoms with Crippen LogP contribution in [-0.4, -0.2) is 24.7 Å². The summed E-state index contributed by atoms with van der Waals surface area (Å²) in [4.78, 5) is 10.0. The predicted molar refractivity (Wildman–Crippen MR) is 75.0 cm³/mol. The lowest BCUT2D eigenvalue weighted by molar-refractivity contribution is -0.385. The highest BCUT2D eigenvalue weighted by molar-refractivity contribution is 5.35. The minimum absolute atomic E-state index is 0.227.